The number of Topliss-reactive ketones (excluding diaryl/α,β-unsaturated/α-hetero) is 1. The lowest BCUT2D eigenvalue weighted by molar-refractivity contribution is -0.0112. The van der Waals surface area contributed by atoms with Crippen molar-refractivity contribution in [3.05, 3.63) is 29.8 Å². The molecule has 184 valence electrons. The third kappa shape index (κ3) is 12.5. The van der Waals surface area contributed by atoms with E-state index >= 15 is 0 Å². The predicted molar refractivity (Wildman–Crippen MR) is 140 cm³/mol. The van der Waals surface area contributed by atoms with Gasteiger partial charge < -0.3 is 14.6 Å². The average Bonchev–Trinajstić information content (AvgIpc) is 2.64. The topological polar surface area (TPSA) is 55.8 Å². The third-order valence-corrected chi connectivity index (χ3v) is 7.52. The van der Waals surface area contributed by atoms with Crippen molar-refractivity contribution in [2.45, 2.75) is 89.9 Å². The number of aromatic hydroxyl groups is 1. The minimum Gasteiger partial charge on any atom is -0.508 e. The average molecular weight is 485 g/mol. The third-order valence-electron chi connectivity index (χ3n) is 4.58. The Bertz CT molecular complexity index is 679. The Labute approximate surface area is 204 Å². The van der Waals surface area contributed by atoms with E-state index in [9.17, 15) is 9.90 Å². The summed E-state index contributed by atoms with van der Waals surface area (Å²) >= 11 is 3.56. The van der Waals surface area contributed by atoms with Gasteiger partial charge in [-0.25, -0.2) is 0 Å². The van der Waals surface area contributed by atoms with Crippen LogP contribution in [0.2, 0.25) is 0 Å². The van der Waals surface area contributed by atoms with Crippen LogP contribution in [0.25, 0.3) is 0 Å². The normalized spacial score (nSPS) is 13.6. The summed E-state index contributed by atoms with van der Waals surface area (Å²) in [6, 6.07) is 6.57. The van der Waals surface area contributed by atoms with Gasteiger partial charge in [0.1, 0.15) is 5.75 Å². The maximum absolute atomic E-state index is 13.4. The van der Waals surface area contributed by atoms with E-state index < -0.39 is 0 Å². The van der Waals surface area contributed by atoms with Gasteiger partial charge in [0.05, 0.1) is 24.4 Å². The molecule has 1 aromatic carbocycles. The van der Waals surface area contributed by atoms with Crippen LogP contribution in [0, 0.1) is 5.92 Å². The molecule has 4 nitrogen and oxygen atoms in total. The minimum atomic E-state index is -0.188. The molecule has 0 bridgehead atoms. The fraction of sp³-hybridized carbons (Fsp3) is 0.731. The molecule has 0 amide bonds. The van der Waals surface area contributed by atoms with Gasteiger partial charge in [0.25, 0.3) is 0 Å². The van der Waals surface area contributed by atoms with Crippen LogP contribution in [0.15, 0.2) is 24.3 Å². The van der Waals surface area contributed by atoms with Crippen LogP contribution in [0.1, 0.15) is 79.6 Å². The summed E-state index contributed by atoms with van der Waals surface area (Å²) in [6.45, 7) is 22.3. The van der Waals surface area contributed by atoms with E-state index in [0.717, 1.165) is 0 Å². The minimum absolute atomic E-state index is 0.101. The lowest BCUT2D eigenvalue weighted by Crippen LogP contribution is -2.33. The molecule has 1 rings (SSSR count). The molecule has 0 saturated carbocycles. The number of rotatable bonds is 12. The fourth-order valence-corrected chi connectivity index (χ4v) is 4.85. The molecule has 0 aliphatic heterocycles. The summed E-state index contributed by atoms with van der Waals surface area (Å²) < 4.78 is 11.8. The van der Waals surface area contributed by atoms with Gasteiger partial charge in [0.2, 0.25) is 0 Å². The van der Waals surface area contributed by atoms with Crippen LogP contribution >= 0.6 is 23.5 Å². The molecule has 0 aromatic heterocycles. The highest BCUT2D eigenvalue weighted by Crippen LogP contribution is 2.34. The molecular formula is C26H44O4S2. The van der Waals surface area contributed by atoms with Gasteiger partial charge in [-0.2, -0.15) is 23.5 Å². The highest BCUT2D eigenvalue weighted by Gasteiger charge is 2.30. The number of phenols is 1. The molecule has 0 atom stereocenters. The number of phenolic OH excluding ortho intramolecular Hbond substituents is 1. The van der Waals surface area contributed by atoms with E-state index in [-0.39, 0.29) is 38.1 Å². The summed E-state index contributed by atoms with van der Waals surface area (Å²) in [5.74, 6) is 1.57. The summed E-state index contributed by atoms with van der Waals surface area (Å²) in [6.07, 6.45) is 0. The van der Waals surface area contributed by atoms with Crippen molar-refractivity contribution in [3.63, 3.8) is 0 Å². The van der Waals surface area contributed by atoms with Crippen molar-refractivity contribution in [2.24, 2.45) is 5.92 Å². The number of benzene rings is 1. The van der Waals surface area contributed by atoms with Crippen LogP contribution in [0.3, 0.4) is 0 Å². The van der Waals surface area contributed by atoms with Crippen molar-refractivity contribution >= 4 is 29.3 Å². The number of thioether (sulfide) groups is 2. The molecule has 0 saturated heterocycles. The molecular weight excluding hydrogens is 440 g/mol. The maximum atomic E-state index is 13.4. The quantitative estimate of drug-likeness (QED) is 0.328. The molecule has 1 aromatic rings. The van der Waals surface area contributed by atoms with Crippen LogP contribution in [-0.4, -0.2) is 56.3 Å². The Balaban J connectivity index is 2.88. The molecule has 32 heavy (non-hydrogen) atoms. The van der Waals surface area contributed by atoms with E-state index in [0.29, 0.717) is 30.3 Å². The second-order valence-electron chi connectivity index (χ2n) is 11.6. The zero-order chi connectivity index (χ0) is 24.8. The van der Waals surface area contributed by atoms with Gasteiger partial charge in [0.15, 0.2) is 5.78 Å². The van der Waals surface area contributed by atoms with Crippen molar-refractivity contribution in [3.8, 4) is 5.75 Å². The molecule has 0 radical (unpaired) electrons. The van der Waals surface area contributed by atoms with Gasteiger partial charge in [-0.3, -0.25) is 4.79 Å². The number of ketones is 1. The van der Waals surface area contributed by atoms with Gasteiger partial charge in [0, 0.05) is 32.5 Å². The summed E-state index contributed by atoms with van der Waals surface area (Å²) in [5, 5.41) is 9.60. The first kappa shape index (κ1) is 29.3. The van der Waals surface area contributed by atoms with E-state index in [1.54, 1.807) is 47.8 Å². The van der Waals surface area contributed by atoms with E-state index in [1.807, 2.05) is 0 Å². The van der Waals surface area contributed by atoms with E-state index in [4.69, 9.17) is 9.47 Å². The summed E-state index contributed by atoms with van der Waals surface area (Å²) in [4.78, 5) is 13.4. The Morgan fingerprint density at radius 3 is 1.50 bits per heavy atom. The Morgan fingerprint density at radius 2 is 1.16 bits per heavy atom. The lowest BCUT2D eigenvalue weighted by Gasteiger charge is -2.32. The van der Waals surface area contributed by atoms with Crippen LogP contribution in [0.5, 0.6) is 5.75 Å². The fourth-order valence-electron chi connectivity index (χ4n) is 2.58. The maximum Gasteiger partial charge on any atom is 0.167 e. The second kappa shape index (κ2) is 11.6. The lowest BCUT2D eigenvalue weighted by atomic mass is 10.0. The first-order valence-corrected chi connectivity index (χ1v) is 13.3. The van der Waals surface area contributed by atoms with E-state index in [2.05, 4.69) is 69.2 Å². The van der Waals surface area contributed by atoms with Crippen LogP contribution in [0.4, 0.5) is 0 Å². The zero-order valence-corrected chi connectivity index (χ0v) is 23.3. The van der Waals surface area contributed by atoms with Crippen molar-refractivity contribution < 1.29 is 19.4 Å². The van der Waals surface area contributed by atoms with Gasteiger partial charge in [-0.15, -0.1) is 0 Å². The van der Waals surface area contributed by atoms with Gasteiger partial charge >= 0.3 is 0 Å². The molecule has 6 heteroatoms. The molecule has 0 aliphatic carbocycles. The Hall–Kier alpha value is -0.690. The molecule has 1 N–H and O–H groups in total. The molecule has 0 aliphatic rings. The van der Waals surface area contributed by atoms with Crippen LogP contribution < -0.4 is 0 Å². The molecule has 0 fully saturated rings. The van der Waals surface area contributed by atoms with Crippen molar-refractivity contribution in [1.29, 1.82) is 0 Å². The Kier molecular flexibility index (Phi) is 10.7. The summed E-state index contributed by atoms with van der Waals surface area (Å²) in [5.41, 5.74) is 0.263. The molecule has 0 heterocycles. The van der Waals surface area contributed by atoms with Crippen molar-refractivity contribution in [2.75, 3.05) is 24.7 Å². The highest BCUT2D eigenvalue weighted by atomic mass is 32.2. The van der Waals surface area contributed by atoms with Gasteiger partial charge in [-0.1, -0.05) is 0 Å². The van der Waals surface area contributed by atoms with Gasteiger partial charge in [-0.05, 0) is 93.5 Å². The number of hydrogen-bond donors (Lipinski definition) is 1. The number of carbonyl (C=O) groups excluding carboxylic acids is 1. The summed E-state index contributed by atoms with van der Waals surface area (Å²) in [7, 11) is 0. The first-order chi connectivity index (χ1) is 14.4. The SMILES string of the molecule is CC(C)(C)OCC(C)(C)SCC(CSC(C)(C)COC(C)(C)C)C(=O)c1ccc(O)cc1. The van der Waals surface area contributed by atoms with Crippen molar-refractivity contribution in [1.82, 2.24) is 0 Å². The zero-order valence-electron chi connectivity index (χ0n) is 21.7. The first-order valence-electron chi connectivity index (χ1n) is 11.3. The number of carbonyl (C=O) groups is 1. The smallest absolute Gasteiger partial charge is 0.167 e. The largest absolute Gasteiger partial charge is 0.508 e. The van der Waals surface area contributed by atoms with E-state index in [1.165, 1.54) is 0 Å². The molecule has 0 spiro atoms. The molecule has 0 unspecified atom stereocenters. The predicted octanol–water partition coefficient (Wildman–Crippen LogP) is 6.84. The highest BCUT2D eigenvalue weighted by molar-refractivity contribution is 8.01. The van der Waals surface area contributed by atoms with Crippen LogP contribution in [-0.2, 0) is 9.47 Å². The monoisotopic (exact) mass is 484 g/mol. The Morgan fingerprint density at radius 1 is 0.781 bits per heavy atom. The standard InChI is InChI=1S/C26H44O4S2/c1-23(2,3)29-17-25(7,8)31-15-20(22(28)19-11-13-21(27)14-12-19)16-32-26(9,10)18-30-24(4,5)6/h11-14,20,27H,15-18H2,1-10H3. The number of hydrogen-bond acceptors (Lipinski definition) is 6. The number of ether oxygens (including phenoxy) is 2. The second-order valence-corrected chi connectivity index (χ2v) is 15.0.